The summed E-state index contributed by atoms with van der Waals surface area (Å²) in [5, 5.41) is 5.76. The van der Waals surface area contributed by atoms with E-state index in [4.69, 9.17) is 0 Å². The Morgan fingerprint density at radius 3 is 2.44 bits per heavy atom. The Morgan fingerprint density at radius 2 is 1.94 bits per heavy atom. The molecule has 0 radical (unpaired) electrons. The zero-order chi connectivity index (χ0) is 12.6. The minimum atomic E-state index is -2.90. The molecule has 2 N–H and O–H groups in total. The van der Waals surface area contributed by atoms with Gasteiger partial charge in [-0.2, -0.15) is 0 Å². The van der Waals surface area contributed by atoms with Crippen LogP contribution >= 0.6 is 0 Å². The van der Waals surface area contributed by atoms with Gasteiger partial charge in [-0.3, -0.25) is 4.79 Å². The Balaban J connectivity index is 3.65. The SMILES string of the molecule is CCCNC(=O)C(C)NCCCS(C)(=O)=O. The predicted octanol–water partition coefficient (Wildman–Crippen LogP) is -0.0746. The van der Waals surface area contributed by atoms with Crippen LogP contribution in [0.25, 0.3) is 0 Å². The van der Waals surface area contributed by atoms with Crippen molar-refractivity contribution in [1.29, 1.82) is 0 Å². The van der Waals surface area contributed by atoms with Crippen molar-refractivity contribution in [3.63, 3.8) is 0 Å². The van der Waals surface area contributed by atoms with Crippen molar-refractivity contribution >= 4 is 15.7 Å². The maximum atomic E-state index is 11.4. The van der Waals surface area contributed by atoms with Crippen molar-refractivity contribution in [3.8, 4) is 0 Å². The van der Waals surface area contributed by atoms with Gasteiger partial charge in [0.2, 0.25) is 5.91 Å². The Bertz CT molecular complexity index is 301. The fourth-order valence-electron chi connectivity index (χ4n) is 1.15. The van der Waals surface area contributed by atoms with E-state index in [0.717, 1.165) is 6.42 Å². The van der Waals surface area contributed by atoms with Crippen molar-refractivity contribution in [2.45, 2.75) is 32.7 Å². The Labute approximate surface area is 97.9 Å². The first-order chi connectivity index (χ1) is 7.37. The van der Waals surface area contributed by atoms with Crippen LogP contribution in [0.3, 0.4) is 0 Å². The maximum absolute atomic E-state index is 11.4. The van der Waals surface area contributed by atoms with E-state index in [2.05, 4.69) is 10.6 Å². The van der Waals surface area contributed by atoms with Gasteiger partial charge in [-0.25, -0.2) is 8.42 Å². The van der Waals surface area contributed by atoms with Crippen molar-refractivity contribution in [2.75, 3.05) is 25.1 Å². The number of rotatable bonds is 8. The second kappa shape index (κ2) is 7.62. The van der Waals surface area contributed by atoms with E-state index in [1.165, 1.54) is 6.26 Å². The first-order valence-electron chi connectivity index (χ1n) is 5.55. The molecule has 0 aliphatic rings. The van der Waals surface area contributed by atoms with Crippen LogP contribution in [0.1, 0.15) is 26.7 Å². The summed E-state index contributed by atoms with van der Waals surface area (Å²) in [7, 11) is -2.90. The van der Waals surface area contributed by atoms with Gasteiger partial charge in [-0.15, -0.1) is 0 Å². The molecule has 0 aromatic carbocycles. The second-order valence-electron chi connectivity index (χ2n) is 3.95. The van der Waals surface area contributed by atoms with E-state index in [1.54, 1.807) is 6.92 Å². The lowest BCUT2D eigenvalue weighted by atomic mass is 10.3. The van der Waals surface area contributed by atoms with E-state index in [-0.39, 0.29) is 17.7 Å². The second-order valence-corrected chi connectivity index (χ2v) is 6.21. The average molecular weight is 250 g/mol. The zero-order valence-electron chi connectivity index (χ0n) is 10.2. The monoisotopic (exact) mass is 250 g/mol. The molecule has 0 saturated heterocycles. The standard InChI is InChI=1S/C10H22N2O3S/c1-4-6-12-10(13)9(2)11-7-5-8-16(3,14)15/h9,11H,4-8H2,1-3H3,(H,12,13). The molecule has 0 heterocycles. The van der Waals surface area contributed by atoms with E-state index >= 15 is 0 Å². The summed E-state index contributed by atoms with van der Waals surface area (Å²) in [6.07, 6.45) is 2.65. The highest BCUT2D eigenvalue weighted by molar-refractivity contribution is 7.90. The molecule has 1 amide bonds. The smallest absolute Gasteiger partial charge is 0.236 e. The summed E-state index contributed by atoms with van der Waals surface area (Å²) >= 11 is 0. The summed E-state index contributed by atoms with van der Waals surface area (Å²) in [5.41, 5.74) is 0. The molecule has 0 rings (SSSR count). The fraction of sp³-hybridized carbons (Fsp3) is 0.900. The van der Waals surface area contributed by atoms with Crippen molar-refractivity contribution in [2.24, 2.45) is 0 Å². The number of nitrogens with one attached hydrogen (secondary N) is 2. The number of carbonyl (C=O) groups is 1. The Morgan fingerprint density at radius 1 is 1.31 bits per heavy atom. The van der Waals surface area contributed by atoms with Crippen LogP contribution in [-0.2, 0) is 14.6 Å². The van der Waals surface area contributed by atoms with Crippen LogP contribution in [0, 0.1) is 0 Å². The third kappa shape index (κ3) is 8.67. The highest BCUT2D eigenvalue weighted by Gasteiger charge is 2.10. The lowest BCUT2D eigenvalue weighted by molar-refractivity contribution is -0.122. The molecule has 6 heteroatoms. The quantitative estimate of drug-likeness (QED) is 0.591. The first-order valence-corrected chi connectivity index (χ1v) is 7.61. The largest absolute Gasteiger partial charge is 0.355 e. The number of hydrogen-bond acceptors (Lipinski definition) is 4. The first kappa shape index (κ1) is 15.4. The molecule has 0 fully saturated rings. The molecule has 0 saturated carbocycles. The van der Waals surface area contributed by atoms with E-state index in [1.807, 2.05) is 6.92 Å². The van der Waals surface area contributed by atoms with Crippen molar-refractivity contribution < 1.29 is 13.2 Å². The Kier molecular flexibility index (Phi) is 7.33. The minimum absolute atomic E-state index is 0.0406. The predicted molar refractivity (Wildman–Crippen MR) is 65.1 cm³/mol. The molecular formula is C10H22N2O3S. The van der Waals surface area contributed by atoms with Crippen LogP contribution in [-0.4, -0.2) is 45.5 Å². The average Bonchev–Trinajstić information content (AvgIpc) is 2.19. The molecule has 16 heavy (non-hydrogen) atoms. The van der Waals surface area contributed by atoms with Gasteiger partial charge in [0.05, 0.1) is 11.8 Å². The molecule has 1 unspecified atom stereocenters. The zero-order valence-corrected chi connectivity index (χ0v) is 11.1. The molecule has 96 valence electrons. The van der Waals surface area contributed by atoms with Gasteiger partial charge in [-0.1, -0.05) is 6.92 Å². The molecule has 0 spiro atoms. The topological polar surface area (TPSA) is 75.3 Å². The van der Waals surface area contributed by atoms with Gasteiger partial charge in [0.15, 0.2) is 0 Å². The lowest BCUT2D eigenvalue weighted by Gasteiger charge is -2.13. The normalized spacial score (nSPS) is 13.4. The molecular weight excluding hydrogens is 228 g/mol. The lowest BCUT2D eigenvalue weighted by Crippen LogP contribution is -2.42. The summed E-state index contributed by atoms with van der Waals surface area (Å²) in [6.45, 7) is 4.97. The molecule has 0 bridgehead atoms. The van der Waals surface area contributed by atoms with Gasteiger partial charge in [0, 0.05) is 12.8 Å². The number of amides is 1. The van der Waals surface area contributed by atoms with E-state index < -0.39 is 9.84 Å². The summed E-state index contributed by atoms with van der Waals surface area (Å²) in [4.78, 5) is 11.4. The molecule has 1 atom stereocenters. The number of sulfone groups is 1. The van der Waals surface area contributed by atoms with E-state index in [0.29, 0.717) is 19.5 Å². The molecule has 0 aliphatic heterocycles. The van der Waals surface area contributed by atoms with Gasteiger partial charge < -0.3 is 10.6 Å². The van der Waals surface area contributed by atoms with Gasteiger partial charge in [-0.05, 0) is 26.3 Å². The fourth-order valence-corrected chi connectivity index (χ4v) is 1.82. The summed E-state index contributed by atoms with van der Waals surface area (Å²) < 4.78 is 21.7. The molecule has 0 aromatic heterocycles. The van der Waals surface area contributed by atoms with Crippen LogP contribution in [0.5, 0.6) is 0 Å². The summed E-state index contributed by atoms with van der Waals surface area (Å²) in [6, 6.07) is -0.272. The minimum Gasteiger partial charge on any atom is -0.355 e. The van der Waals surface area contributed by atoms with E-state index in [9.17, 15) is 13.2 Å². The third-order valence-electron chi connectivity index (χ3n) is 2.08. The summed E-state index contributed by atoms with van der Waals surface area (Å²) in [5.74, 6) is 0.116. The molecule has 5 nitrogen and oxygen atoms in total. The van der Waals surface area contributed by atoms with Crippen molar-refractivity contribution in [3.05, 3.63) is 0 Å². The Hall–Kier alpha value is -0.620. The molecule has 0 aliphatic carbocycles. The van der Waals surface area contributed by atoms with Crippen molar-refractivity contribution in [1.82, 2.24) is 10.6 Å². The highest BCUT2D eigenvalue weighted by atomic mass is 32.2. The maximum Gasteiger partial charge on any atom is 0.236 e. The van der Waals surface area contributed by atoms with Gasteiger partial charge >= 0.3 is 0 Å². The van der Waals surface area contributed by atoms with Crippen LogP contribution in [0.2, 0.25) is 0 Å². The van der Waals surface area contributed by atoms with Crippen LogP contribution in [0.15, 0.2) is 0 Å². The van der Waals surface area contributed by atoms with Crippen LogP contribution in [0.4, 0.5) is 0 Å². The van der Waals surface area contributed by atoms with Gasteiger partial charge in [0.1, 0.15) is 9.84 Å². The number of hydrogen-bond donors (Lipinski definition) is 2. The highest BCUT2D eigenvalue weighted by Crippen LogP contribution is 1.89. The van der Waals surface area contributed by atoms with Gasteiger partial charge in [0.25, 0.3) is 0 Å². The third-order valence-corrected chi connectivity index (χ3v) is 3.12. The number of carbonyl (C=O) groups excluding carboxylic acids is 1. The molecule has 0 aromatic rings. The van der Waals surface area contributed by atoms with Crippen LogP contribution < -0.4 is 10.6 Å².